The molecule has 0 aromatic carbocycles. The Morgan fingerprint density at radius 1 is 1.29 bits per heavy atom. The fourth-order valence-electron chi connectivity index (χ4n) is 6.02. The molecule has 8 nitrogen and oxygen atoms in total. The average molecular weight is 555 g/mol. The van der Waals surface area contributed by atoms with Gasteiger partial charge in [-0.2, -0.15) is 0 Å². The van der Waals surface area contributed by atoms with Crippen molar-refractivity contribution in [2.75, 3.05) is 31.5 Å². The zero-order valence-corrected chi connectivity index (χ0v) is 21.8. The molecular weight excluding hydrogens is 522 g/mol. The van der Waals surface area contributed by atoms with Crippen LogP contribution in [0.25, 0.3) is 0 Å². The van der Waals surface area contributed by atoms with Crippen LogP contribution in [0.15, 0.2) is 28.1 Å². The van der Waals surface area contributed by atoms with Crippen LogP contribution in [0, 0.1) is 18.8 Å². The van der Waals surface area contributed by atoms with Gasteiger partial charge in [-0.1, -0.05) is 24.1 Å². The highest BCUT2D eigenvalue weighted by Gasteiger charge is 2.53. The molecule has 5 heterocycles. The summed E-state index contributed by atoms with van der Waals surface area (Å²) in [6.45, 7) is 4.47. The molecule has 186 valence electrons. The number of quaternary nitrogens is 1. The van der Waals surface area contributed by atoms with Crippen molar-refractivity contribution in [1.82, 2.24) is 5.16 Å². The third-order valence-electron chi connectivity index (χ3n) is 7.83. The Labute approximate surface area is 214 Å². The number of aromatic nitrogens is 1. The lowest BCUT2D eigenvalue weighted by Gasteiger charge is -2.51. The minimum Gasteiger partial charge on any atom is -1.00 e. The van der Waals surface area contributed by atoms with Crippen molar-refractivity contribution in [1.29, 1.82) is 0 Å². The molecule has 1 unspecified atom stereocenters. The lowest BCUT2D eigenvalue weighted by molar-refractivity contribution is -0.939. The second-order valence-corrected chi connectivity index (χ2v) is 11.0. The Bertz CT molecular complexity index is 998. The first-order valence-corrected chi connectivity index (χ1v) is 12.8. The highest BCUT2D eigenvalue weighted by atomic mass is 79.9. The highest BCUT2D eigenvalue weighted by Crippen LogP contribution is 2.44. The highest BCUT2D eigenvalue weighted by molar-refractivity contribution is 7.10. The second kappa shape index (κ2) is 10.1. The van der Waals surface area contributed by atoms with E-state index >= 15 is 0 Å². The normalized spacial score (nSPS) is 28.2. The minimum absolute atomic E-state index is 0. The van der Waals surface area contributed by atoms with Gasteiger partial charge >= 0.3 is 5.97 Å². The number of aryl methyl sites for hydroxylation is 1. The molecule has 2 aromatic rings. The van der Waals surface area contributed by atoms with E-state index in [2.05, 4.69) is 10.5 Å². The van der Waals surface area contributed by atoms with Crippen molar-refractivity contribution in [3.8, 4) is 0 Å². The number of hydrogen-bond donors (Lipinski definition) is 2. The smallest absolute Gasteiger partial charge is 0.344 e. The number of piperidine rings is 3. The molecule has 3 saturated heterocycles. The Morgan fingerprint density at radius 2 is 2.03 bits per heavy atom. The Kier molecular flexibility index (Phi) is 7.52. The molecule has 3 aliphatic heterocycles. The van der Waals surface area contributed by atoms with Crippen LogP contribution in [-0.4, -0.2) is 58.9 Å². The van der Waals surface area contributed by atoms with E-state index in [4.69, 9.17) is 9.26 Å². The number of amides is 1. The molecule has 2 atom stereocenters. The summed E-state index contributed by atoms with van der Waals surface area (Å²) < 4.78 is 11.7. The van der Waals surface area contributed by atoms with Gasteiger partial charge in [-0.3, -0.25) is 4.79 Å². The number of fused-ring (bicyclic) bond motifs is 3. The van der Waals surface area contributed by atoms with E-state index in [0.29, 0.717) is 34.0 Å². The van der Waals surface area contributed by atoms with Crippen LogP contribution in [-0.2, 0) is 19.9 Å². The van der Waals surface area contributed by atoms with Crippen molar-refractivity contribution >= 4 is 29.0 Å². The SMILES string of the molecule is Cc1cc(NC(=O)C[N+]23CCC(CC2)[C@@H](OC(=O)C(O)(c2cccs2)C2CCCC2)C3)no1.[Br-]. The lowest BCUT2D eigenvalue weighted by Crippen LogP contribution is -3.00. The molecule has 2 aromatic heterocycles. The van der Waals surface area contributed by atoms with Gasteiger partial charge in [0.05, 0.1) is 13.1 Å². The van der Waals surface area contributed by atoms with Crippen molar-refractivity contribution in [3.63, 3.8) is 0 Å². The fourth-order valence-corrected chi connectivity index (χ4v) is 6.91. The molecule has 10 heteroatoms. The van der Waals surface area contributed by atoms with Gasteiger partial charge in [-0.25, -0.2) is 4.79 Å². The summed E-state index contributed by atoms with van der Waals surface area (Å²) in [6.07, 6.45) is 5.26. The van der Waals surface area contributed by atoms with Gasteiger partial charge in [0, 0.05) is 35.6 Å². The van der Waals surface area contributed by atoms with Crippen LogP contribution in [0.4, 0.5) is 5.82 Å². The maximum Gasteiger partial charge on any atom is 0.344 e. The summed E-state index contributed by atoms with van der Waals surface area (Å²) in [4.78, 5) is 26.9. The largest absolute Gasteiger partial charge is 1.00 e. The predicted octanol–water partition coefficient (Wildman–Crippen LogP) is 0.217. The first kappa shape index (κ1) is 25.3. The van der Waals surface area contributed by atoms with Crippen molar-refractivity contribution in [2.24, 2.45) is 11.8 Å². The van der Waals surface area contributed by atoms with E-state index in [1.54, 1.807) is 13.0 Å². The van der Waals surface area contributed by atoms with Gasteiger partial charge in [0.1, 0.15) is 12.3 Å². The van der Waals surface area contributed by atoms with Gasteiger partial charge in [0.2, 0.25) is 0 Å². The molecule has 1 saturated carbocycles. The summed E-state index contributed by atoms with van der Waals surface area (Å²) in [5.41, 5.74) is -1.58. The zero-order valence-electron chi connectivity index (χ0n) is 19.4. The van der Waals surface area contributed by atoms with Crippen LogP contribution >= 0.6 is 11.3 Å². The van der Waals surface area contributed by atoms with Crippen molar-refractivity contribution in [3.05, 3.63) is 34.2 Å². The van der Waals surface area contributed by atoms with Gasteiger partial charge in [0.15, 0.2) is 24.1 Å². The topological polar surface area (TPSA) is 102 Å². The number of carbonyl (C=O) groups excluding carboxylic acids is 2. The van der Waals surface area contributed by atoms with Gasteiger partial charge in [-0.15, -0.1) is 11.3 Å². The van der Waals surface area contributed by atoms with E-state index in [1.165, 1.54) is 11.3 Å². The molecule has 6 rings (SSSR count). The first-order valence-electron chi connectivity index (χ1n) is 11.9. The van der Waals surface area contributed by atoms with Crippen molar-refractivity contribution in [2.45, 2.75) is 57.2 Å². The maximum absolute atomic E-state index is 13.5. The predicted molar refractivity (Wildman–Crippen MR) is 122 cm³/mol. The monoisotopic (exact) mass is 553 g/mol. The summed E-state index contributed by atoms with van der Waals surface area (Å²) >= 11 is 1.41. The Hall–Kier alpha value is -1.75. The number of carbonyl (C=O) groups is 2. The third kappa shape index (κ3) is 4.82. The van der Waals surface area contributed by atoms with E-state index in [9.17, 15) is 14.7 Å². The second-order valence-electron chi connectivity index (χ2n) is 10.0. The number of halogens is 1. The van der Waals surface area contributed by atoms with E-state index in [1.807, 2.05) is 17.5 Å². The maximum atomic E-state index is 13.5. The van der Waals surface area contributed by atoms with E-state index in [0.717, 1.165) is 51.6 Å². The molecule has 0 radical (unpaired) electrons. The Balaban J connectivity index is 0.00000274. The molecule has 34 heavy (non-hydrogen) atoms. The fraction of sp³-hybridized carbons (Fsp3) is 0.625. The molecule has 4 aliphatic rings. The number of anilines is 1. The summed E-state index contributed by atoms with van der Waals surface area (Å²) in [7, 11) is 0. The van der Waals surface area contributed by atoms with E-state index in [-0.39, 0.29) is 40.8 Å². The summed E-state index contributed by atoms with van der Waals surface area (Å²) in [5.74, 6) is 0.605. The number of hydrogen-bond acceptors (Lipinski definition) is 7. The molecule has 1 aliphatic carbocycles. The first-order chi connectivity index (χ1) is 15.9. The van der Waals surface area contributed by atoms with Gasteiger partial charge in [-0.05, 0) is 31.2 Å². The van der Waals surface area contributed by atoms with Crippen LogP contribution < -0.4 is 22.3 Å². The molecule has 2 bridgehead atoms. The zero-order chi connectivity index (χ0) is 23.1. The average Bonchev–Trinajstić information content (AvgIpc) is 3.57. The number of esters is 1. The quantitative estimate of drug-likeness (QED) is 0.375. The van der Waals surface area contributed by atoms with Crippen LogP contribution in [0.1, 0.15) is 49.2 Å². The molecule has 4 fully saturated rings. The number of nitrogens with one attached hydrogen (secondary N) is 1. The van der Waals surface area contributed by atoms with Crippen LogP contribution in [0.2, 0.25) is 0 Å². The summed E-state index contributed by atoms with van der Waals surface area (Å²) in [5, 5.41) is 20.2. The third-order valence-corrected chi connectivity index (χ3v) is 8.82. The number of aliphatic hydroxyl groups is 1. The Morgan fingerprint density at radius 3 is 2.65 bits per heavy atom. The molecule has 0 spiro atoms. The van der Waals surface area contributed by atoms with E-state index < -0.39 is 11.6 Å². The molecule has 1 amide bonds. The molecule has 2 N–H and O–H groups in total. The van der Waals surface area contributed by atoms with Gasteiger partial charge < -0.3 is 41.1 Å². The van der Waals surface area contributed by atoms with Crippen LogP contribution in [0.3, 0.4) is 0 Å². The minimum atomic E-state index is -1.58. The van der Waals surface area contributed by atoms with Crippen LogP contribution in [0.5, 0.6) is 0 Å². The van der Waals surface area contributed by atoms with Gasteiger partial charge in [0.25, 0.3) is 5.91 Å². The van der Waals surface area contributed by atoms with Crippen molar-refractivity contribution < 1.29 is 45.4 Å². The lowest BCUT2D eigenvalue weighted by atomic mass is 9.82. The molecular formula is C24H32BrN3O5S. The summed E-state index contributed by atoms with van der Waals surface area (Å²) in [6, 6.07) is 5.40. The number of thiophene rings is 1. The standard InChI is InChI=1S/C24H31N3O5S.BrH/c1-16-13-21(26-32-16)25-22(28)15-27-10-8-17(9-11-27)19(14-27)31-23(29)24(30,18-5-2-3-6-18)20-7-4-12-33-20;/h4,7,12-13,17-19,30H,2-3,5-6,8-11,14-15H2,1H3;1H/t17?,19-,24?,27?;/m0./s1. The number of ether oxygens (including phenoxy) is 1. The number of rotatable bonds is 7. The number of nitrogens with zero attached hydrogens (tertiary/aromatic N) is 2.